The van der Waals surface area contributed by atoms with Crippen molar-refractivity contribution >= 4 is 65.1 Å². The van der Waals surface area contributed by atoms with Crippen molar-refractivity contribution in [3.8, 4) is 0 Å². The van der Waals surface area contributed by atoms with Crippen LogP contribution in [0.4, 0.5) is 14.4 Å². The van der Waals surface area contributed by atoms with E-state index in [9.17, 15) is 55.2 Å². The molecule has 6 amide bonds. The molecule has 3 saturated heterocycles. The number of fused-ring (bicyclic) bond motifs is 2. The number of carboxylic acids is 2. The maximum absolute atomic E-state index is 12.9. The zero-order valence-electron chi connectivity index (χ0n) is 37.5. The van der Waals surface area contributed by atoms with E-state index in [0.29, 0.717) is 74.8 Å². The van der Waals surface area contributed by atoms with Crippen LogP contribution in [0.2, 0.25) is 0 Å². The second-order valence-electron chi connectivity index (χ2n) is 18.0. The molecule has 5 rings (SSSR count). The summed E-state index contributed by atoms with van der Waals surface area (Å²) in [5.74, 6) is 2.55. The van der Waals surface area contributed by atoms with Crippen LogP contribution in [0.1, 0.15) is 49.9 Å². The highest BCUT2D eigenvalue weighted by atomic mass is 32.2. The predicted octanol–water partition coefficient (Wildman–Crippen LogP) is -1.42. The lowest BCUT2D eigenvalue weighted by molar-refractivity contribution is -0.144. The van der Waals surface area contributed by atoms with Crippen LogP contribution in [0.25, 0.3) is 0 Å². The third-order valence-corrected chi connectivity index (χ3v) is 18.3. The third-order valence-electron chi connectivity index (χ3n) is 12.5. The fourth-order valence-corrected chi connectivity index (χ4v) is 14.7. The second kappa shape index (κ2) is 24.6. The van der Waals surface area contributed by atoms with Crippen molar-refractivity contribution in [1.29, 1.82) is 0 Å². The van der Waals surface area contributed by atoms with E-state index in [2.05, 4.69) is 42.7 Å². The standard InChI is InChI=1S/C41H68N10O12S3/c1-64(59)19-8-30(27-64)22-45-40(57)43-12-6-35(37(52)53)50-17-15-49(14-3-11-42-39(56)46-23-31-9-20-65(60,61)28-31)16-18-51(26-34-5-2-4-33(25-50)48-34)36(38(54)55)7-13-44-41(58)47-24-32-10-21-66(62,63)29-32/h2,4-5,30-32,35-36H,1,3,6-29H2,(H,52,53)(H,54,55)(H2,42,46,56)(H2,43,45,57)(H2,44,47,58). The molecule has 0 aliphatic carbocycles. The molecule has 3 fully saturated rings. The van der Waals surface area contributed by atoms with Gasteiger partial charge in [-0.05, 0) is 90.3 Å². The predicted molar refractivity (Wildman–Crippen MR) is 249 cm³/mol. The number of aromatic nitrogens is 1. The lowest BCUT2D eigenvalue weighted by Gasteiger charge is -2.35. The minimum atomic E-state index is -3.11. The largest absolute Gasteiger partial charge is 0.480 e. The summed E-state index contributed by atoms with van der Waals surface area (Å²) in [4.78, 5) is 74.0. The summed E-state index contributed by atoms with van der Waals surface area (Å²) in [6.45, 7) is 3.03. The number of sulfone groups is 2. The number of carboxylic acid groups (broad SMARTS) is 2. The molecule has 4 aliphatic rings. The van der Waals surface area contributed by atoms with Crippen molar-refractivity contribution in [2.75, 3.05) is 107 Å². The molecule has 6 unspecified atom stereocenters. The monoisotopic (exact) mass is 988 g/mol. The van der Waals surface area contributed by atoms with E-state index in [1.165, 1.54) is 0 Å². The van der Waals surface area contributed by atoms with E-state index < -0.39 is 71.3 Å². The van der Waals surface area contributed by atoms with Gasteiger partial charge in [-0.3, -0.25) is 28.6 Å². The van der Waals surface area contributed by atoms with Crippen molar-refractivity contribution in [3.05, 3.63) is 29.6 Å². The smallest absolute Gasteiger partial charge is 0.320 e. The fourth-order valence-electron chi connectivity index (χ4n) is 8.86. The topological polar surface area (TPSA) is 306 Å². The molecule has 1 aromatic rings. The Morgan fingerprint density at radius 2 is 1.05 bits per heavy atom. The second-order valence-corrected chi connectivity index (χ2v) is 25.1. The number of rotatable bonds is 20. The van der Waals surface area contributed by atoms with Crippen LogP contribution >= 0.6 is 0 Å². The van der Waals surface area contributed by atoms with Gasteiger partial charge < -0.3 is 47.0 Å². The molecular formula is C41H68N10O12S3. The molecule has 6 atom stereocenters. The Hall–Kier alpha value is -4.30. The Kier molecular flexibility index (Phi) is 19.7. The molecule has 0 aromatic carbocycles. The molecule has 25 heteroatoms. The van der Waals surface area contributed by atoms with Gasteiger partial charge in [0.05, 0.1) is 34.4 Å². The van der Waals surface area contributed by atoms with Crippen LogP contribution in [0.3, 0.4) is 0 Å². The SMILES string of the molecule is C=S1(=O)CCC(CNC(=O)NCCC(C(=O)O)N2CCN(CCCNC(=O)NCC3CCS(=O)(=O)C3)CCN(C(CCNC(=O)NCC3CCS(=O)(=O)C3)C(=O)O)Cc3cccc(n3)C2)C1. The highest BCUT2D eigenvalue weighted by Gasteiger charge is 2.32. The molecule has 0 radical (unpaired) electrons. The lowest BCUT2D eigenvalue weighted by atomic mass is 10.1. The van der Waals surface area contributed by atoms with Gasteiger partial charge in [-0.15, -0.1) is 0 Å². The maximum Gasteiger partial charge on any atom is 0.320 e. The van der Waals surface area contributed by atoms with Crippen molar-refractivity contribution in [1.82, 2.24) is 51.6 Å². The number of hydrogen-bond donors (Lipinski definition) is 8. The van der Waals surface area contributed by atoms with E-state index in [4.69, 9.17) is 4.98 Å². The molecular weight excluding hydrogens is 921 g/mol. The zero-order valence-corrected chi connectivity index (χ0v) is 39.9. The molecule has 1 aromatic heterocycles. The molecule has 8 N–H and O–H groups in total. The van der Waals surface area contributed by atoms with Crippen LogP contribution in [0.15, 0.2) is 18.2 Å². The van der Waals surface area contributed by atoms with Crippen LogP contribution in [0.5, 0.6) is 0 Å². The van der Waals surface area contributed by atoms with Crippen LogP contribution in [-0.4, -0.2) is 205 Å². The number of carbonyl (C=O) groups is 5. The molecule has 22 nitrogen and oxygen atoms in total. The Morgan fingerprint density at radius 1 is 0.621 bits per heavy atom. The Bertz CT molecular complexity index is 2070. The first kappa shape index (κ1) is 52.7. The number of aliphatic carboxylic acids is 2. The van der Waals surface area contributed by atoms with Gasteiger partial charge in [0.15, 0.2) is 19.7 Å². The number of amides is 6. The minimum absolute atomic E-state index is 0.0128. The van der Waals surface area contributed by atoms with Gasteiger partial charge in [-0.25, -0.2) is 31.2 Å². The molecule has 66 heavy (non-hydrogen) atoms. The molecule has 4 aliphatic heterocycles. The van der Waals surface area contributed by atoms with Crippen LogP contribution in [-0.2, 0) is 51.9 Å². The van der Waals surface area contributed by atoms with Gasteiger partial charge in [-0.2, -0.15) is 0 Å². The van der Waals surface area contributed by atoms with Crippen LogP contribution < -0.4 is 31.9 Å². The van der Waals surface area contributed by atoms with Crippen molar-refractivity contribution in [2.24, 2.45) is 17.8 Å². The number of nitrogens with one attached hydrogen (secondary N) is 6. The Labute approximate surface area is 388 Å². The summed E-state index contributed by atoms with van der Waals surface area (Å²) < 4.78 is 59.5. The van der Waals surface area contributed by atoms with E-state index in [-0.39, 0.29) is 113 Å². The molecule has 0 saturated carbocycles. The number of hydrogen-bond acceptors (Lipinski definition) is 14. The highest BCUT2D eigenvalue weighted by Crippen LogP contribution is 2.20. The summed E-state index contributed by atoms with van der Waals surface area (Å²) in [5, 5.41) is 37.5. The average Bonchev–Trinajstić information content (AvgIpc) is 3.92. The van der Waals surface area contributed by atoms with Crippen molar-refractivity contribution in [3.63, 3.8) is 0 Å². The average molecular weight is 989 g/mol. The molecule has 5 heterocycles. The summed E-state index contributed by atoms with van der Waals surface area (Å²) in [6.07, 6.45) is 2.28. The van der Waals surface area contributed by atoms with Gasteiger partial charge in [0, 0.05) is 90.0 Å². The van der Waals surface area contributed by atoms with E-state index in [0.717, 1.165) is 0 Å². The lowest BCUT2D eigenvalue weighted by Crippen LogP contribution is -2.50. The third kappa shape index (κ3) is 18.1. The van der Waals surface area contributed by atoms with Gasteiger partial charge in [0.25, 0.3) is 0 Å². The van der Waals surface area contributed by atoms with Gasteiger partial charge in [0.2, 0.25) is 0 Å². The molecule has 0 spiro atoms. The fraction of sp³-hybridized carbons (Fsp3) is 0.732. The summed E-state index contributed by atoms with van der Waals surface area (Å²) in [6, 6.07) is 1.85. The van der Waals surface area contributed by atoms with Gasteiger partial charge in [-0.1, -0.05) is 6.07 Å². The first-order valence-corrected chi connectivity index (χ1v) is 28.3. The van der Waals surface area contributed by atoms with Crippen molar-refractivity contribution < 1.29 is 55.2 Å². The van der Waals surface area contributed by atoms with Gasteiger partial charge in [0.1, 0.15) is 12.1 Å². The van der Waals surface area contributed by atoms with E-state index in [1.807, 2.05) is 0 Å². The van der Waals surface area contributed by atoms with Crippen LogP contribution in [0, 0.1) is 17.8 Å². The van der Waals surface area contributed by atoms with Crippen molar-refractivity contribution in [2.45, 2.75) is 63.7 Å². The molecule has 372 valence electrons. The van der Waals surface area contributed by atoms with E-state index in [1.54, 1.807) is 28.0 Å². The first-order chi connectivity index (χ1) is 31.2. The molecule has 2 bridgehead atoms. The Morgan fingerprint density at radius 3 is 1.44 bits per heavy atom. The number of urea groups is 3. The summed E-state index contributed by atoms with van der Waals surface area (Å²) in [5.41, 5.74) is 1.11. The maximum atomic E-state index is 12.9. The first-order valence-electron chi connectivity index (χ1n) is 22.6. The number of carbonyl (C=O) groups excluding carboxylic acids is 3. The highest BCUT2D eigenvalue weighted by molar-refractivity contribution is 8.00. The van der Waals surface area contributed by atoms with Gasteiger partial charge >= 0.3 is 30.0 Å². The number of pyridine rings is 1. The summed E-state index contributed by atoms with van der Waals surface area (Å²) in [7, 11) is -8.30. The quantitative estimate of drug-likeness (QED) is 0.0550. The normalized spacial score (nSPS) is 25.6. The van der Waals surface area contributed by atoms with E-state index >= 15 is 0 Å². The minimum Gasteiger partial charge on any atom is -0.480 e. The number of nitrogens with zero attached hydrogens (tertiary/aromatic N) is 4. The zero-order chi connectivity index (χ0) is 47.9. The summed E-state index contributed by atoms with van der Waals surface area (Å²) >= 11 is 0. The Balaban J connectivity index is 1.23.